The lowest BCUT2D eigenvalue weighted by Gasteiger charge is -2.33. The van der Waals surface area contributed by atoms with Crippen LogP contribution in [0.1, 0.15) is 5.56 Å². The van der Waals surface area contributed by atoms with Gasteiger partial charge in [0.2, 0.25) is 0 Å². The van der Waals surface area contributed by atoms with Crippen LogP contribution in [0.4, 0.5) is 5.69 Å². The van der Waals surface area contributed by atoms with Crippen LogP contribution in [0.2, 0.25) is 10.0 Å². The summed E-state index contributed by atoms with van der Waals surface area (Å²) in [5.41, 5.74) is 2.58. The molecule has 4 heteroatoms. The molecule has 1 saturated heterocycles. The van der Waals surface area contributed by atoms with Gasteiger partial charge in [0, 0.05) is 21.3 Å². The van der Waals surface area contributed by atoms with Gasteiger partial charge in [0.15, 0.2) is 0 Å². The Morgan fingerprint density at radius 2 is 1.62 bits per heavy atom. The number of nitrogens with one attached hydrogen (secondary N) is 1. The van der Waals surface area contributed by atoms with Crippen LogP contribution in [-0.4, -0.2) is 26.2 Å². The number of hydrogen-bond acceptors (Lipinski definition) is 1. The number of hydrogen-bond donors (Lipinski definition) is 1. The van der Waals surface area contributed by atoms with Crippen LogP contribution < -0.4 is 9.80 Å². The molecule has 3 rings (SSSR count). The summed E-state index contributed by atoms with van der Waals surface area (Å²) in [5, 5.41) is 1.61. The van der Waals surface area contributed by atoms with E-state index in [-0.39, 0.29) is 0 Å². The summed E-state index contributed by atoms with van der Waals surface area (Å²) in [6, 6.07) is 16.3. The maximum atomic E-state index is 6.07. The smallest absolute Gasteiger partial charge is 0.103 e. The molecule has 1 aliphatic rings. The van der Waals surface area contributed by atoms with Crippen molar-refractivity contribution in [1.29, 1.82) is 0 Å². The van der Waals surface area contributed by atoms with Crippen LogP contribution in [0.3, 0.4) is 0 Å². The molecule has 2 aromatic carbocycles. The van der Waals surface area contributed by atoms with Crippen molar-refractivity contribution in [3.8, 4) is 0 Å². The number of halogens is 2. The third-order valence-corrected chi connectivity index (χ3v) is 4.50. The molecule has 0 radical (unpaired) electrons. The monoisotopic (exact) mass is 321 g/mol. The van der Waals surface area contributed by atoms with Gasteiger partial charge < -0.3 is 9.80 Å². The minimum atomic E-state index is 0.805. The Kier molecular flexibility index (Phi) is 4.69. The van der Waals surface area contributed by atoms with Gasteiger partial charge in [-0.1, -0.05) is 41.4 Å². The van der Waals surface area contributed by atoms with Gasteiger partial charge in [-0.25, -0.2) is 0 Å². The summed E-state index contributed by atoms with van der Waals surface area (Å²) in [7, 11) is 0. The molecule has 1 heterocycles. The van der Waals surface area contributed by atoms with Crippen molar-refractivity contribution in [2.75, 3.05) is 31.1 Å². The van der Waals surface area contributed by atoms with Crippen molar-refractivity contribution in [3.05, 3.63) is 64.1 Å². The van der Waals surface area contributed by atoms with Crippen molar-refractivity contribution in [2.24, 2.45) is 0 Å². The van der Waals surface area contributed by atoms with Crippen LogP contribution in [0.15, 0.2) is 48.5 Å². The largest absolute Gasteiger partial charge is 0.360 e. The predicted octanol–water partition coefficient (Wildman–Crippen LogP) is 2.90. The van der Waals surface area contributed by atoms with E-state index in [1.54, 1.807) is 4.90 Å². The van der Waals surface area contributed by atoms with E-state index in [0.29, 0.717) is 0 Å². The first-order valence-corrected chi connectivity index (χ1v) is 8.05. The number of quaternary nitrogens is 1. The Morgan fingerprint density at radius 1 is 0.905 bits per heavy atom. The summed E-state index contributed by atoms with van der Waals surface area (Å²) in [6.07, 6.45) is 0. The Labute approximate surface area is 135 Å². The number of rotatable bonds is 3. The summed E-state index contributed by atoms with van der Waals surface area (Å²) in [5.74, 6) is 0. The molecule has 1 fully saturated rings. The molecule has 2 nitrogen and oxygen atoms in total. The molecule has 0 unspecified atom stereocenters. The van der Waals surface area contributed by atoms with Gasteiger partial charge >= 0.3 is 0 Å². The minimum Gasteiger partial charge on any atom is -0.360 e. The highest BCUT2D eigenvalue weighted by Crippen LogP contribution is 2.19. The first-order chi connectivity index (χ1) is 10.2. The van der Waals surface area contributed by atoms with Gasteiger partial charge in [0.05, 0.1) is 26.2 Å². The highest BCUT2D eigenvalue weighted by Gasteiger charge is 2.20. The number of anilines is 1. The molecule has 110 valence electrons. The first-order valence-electron chi connectivity index (χ1n) is 7.29. The van der Waals surface area contributed by atoms with E-state index in [9.17, 15) is 0 Å². The molecular formula is C17H19Cl2N2+. The average molecular weight is 322 g/mol. The van der Waals surface area contributed by atoms with Crippen LogP contribution in [0, 0.1) is 0 Å². The Hall–Kier alpha value is -1.22. The lowest BCUT2D eigenvalue weighted by atomic mass is 10.2. The molecule has 1 N–H and O–H groups in total. The zero-order chi connectivity index (χ0) is 14.7. The summed E-state index contributed by atoms with van der Waals surface area (Å²) in [4.78, 5) is 4.03. The van der Waals surface area contributed by atoms with Crippen LogP contribution >= 0.6 is 23.2 Å². The van der Waals surface area contributed by atoms with Crippen molar-refractivity contribution in [2.45, 2.75) is 6.54 Å². The molecule has 21 heavy (non-hydrogen) atoms. The second-order valence-corrected chi connectivity index (χ2v) is 6.39. The van der Waals surface area contributed by atoms with Crippen LogP contribution in [0.25, 0.3) is 0 Å². The maximum absolute atomic E-state index is 6.07. The lowest BCUT2D eigenvalue weighted by Crippen LogP contribution is -3.13. The zero-order valence-corrected chi connectivity index (χ0v) is 13.4. The maximum Gasteiger partial charge on any atom is 0.103 e. The molecule has 0 atom stereocenters. The molecule has 0 saturated carbocycles. The topological polar surface area (TPSA) is 7.68 Å². The second-order valence-electron chi connectivity index (χ2n) is 5.52. The Bertz CT molecular complexity index is 590. The summed E-state index contributed by atoms with van der Waals surface area (Å²) in [6.45, 7) is 5.51. The molecule has 2 aromatic rings. The van der Waals surface area contributed by atoms with Crippen molar-refractivity contribution in [3.63, 3.8) is 0 Å². The molecule has 1 aliphatic heterocycles. The van der Waals surface area contributed by atoms with E-state index < -0.39 is 0 Å². The van der Waals surface area contributed by atoms with E-state index in [1.807, 2.05) is 30.3 Å². The normalized spacial score (nSPS) is 16.2. The minimum absolute atomic E-state index is 0.805. The Balaban J connectivity index is 1.56. The number of nitrogens with zero attached hydrogens (tertiary/aromatic N) is 1. The molecule has 0 aliphatic carbocycles. The Morgan fingerprint density at radius 3 is 2.29 bits per heavy atom. The fraction of sp³-hybridized carbons (Fsp3) is 0.294. The molecule has 0 aromatic heterocycles. The van der Waals surface area contributed by atoms with Crippen molar-refractivity contribution in [1.82, 2.24) is 0 Å². The highest BCUT2D eigenvalue weighted by molar-refractivity contribution is 6.31. The van der Waals surface area contributed by atoms with Crippen molar-refractivity contribution >= 4 is 28.9 Å². The van der Waals surface area contributed by atoms with Gasteiger partial charge in [0.25, 0.3) is 0 Å². The molecule has 0 spiro atoms. The predicted molar refractivity (Wildman–Crippen MR) is 89.5 cm³/mol. The SMILES string of the molecule is Clc1ccc(C[NH+]2CCN(c3cccc(Cl)c3)CC2)cc1. The van der Waals surface area contributed by atoms with Gasteiger partial charge in [-0.3, -0.25) is 0 Å². The van der Waals surface area contributed by atoms with E-state index in [1.165, 1.54) is 11.3 Å². The summed E-state index contributed by atoms with van der Waals surface area (Å²) < 4.78 is 0. The van der Waals surface area contributed by atoms with Crippen LogP contribution in [-0.2, 0) is 6.54 Å². The fourth-order valence-corrected chi connectivity index (χ4v) is 3.13. The standard InChI is InChI=1S/C17H18Cl2N2/c18-15-6-4-14(5-7-15)13-20-8-10-21(11-9-20)17-3-1-2-16(19)12-17/h1-7,12H,8-11,13H2/p+1. The van der Waals surface area contributed by atoms with Crippen molar-refractivity contribution < 1.29 is 4.90 Å². The van der Waals surface area contributed by atoms with Gasteiger partial charge in [-0.05, 0) is 30.3 Å². The second kappa shape index (κ2) is 6.69. The van der Waals surface area contributed by atoms with Gasteiger partial charge in [0.1, 0.15) is 6.54 Å². The van der Waals surface area contributed by atoms with E-state index in [2.05, 4.69) is 23.1 Å². The van der Waals surface area contributed by atoms with E-state index in [4.69, 9.17) is 23.2 Å². The van der Waals surface area contributed by atoms with Gasteiger partial charge in [-0.15, -0.1) is 0 Å². The average Bonchev–Trinajstić information content (AvgIpc) is 2.50. The molecular weight excluding hydrogens is 303 g/mol. The van der Waals surface area contributed by atoms with E-state index in [0.717, 1.165) is 42.8 Å². The third-order valence-electron chi connectivity index (χ3n) is 4.01. The van der Waals surface area contributed by atoms with Gasteiger partial charge in [-0.2, -0.15) is 0 Å². The third kappa shape index (κ3) is 3.91. The zero-order valence-electron chi connectivity index (χ0n) is 11.9. The quantitative estimate of drug-likeness (QED) is 0.913. The van der Waals surface area contributed by atoms with Crippen LogP contribution in [0.5, 0.6) is 0 Å². The van der Waals surface area contributed by atoms with E-state index >= 15 is 0 Å². The summed E-state index contributed by atoms with van der Waals surface area (Å²) >= 11 is 12.0. The number of benzene rings is 2. The molecule has 0 bridgehead atoms. The molecule has 0 amide bonds. The lowest BCUT2D eigenvalue weighted by molar-refractivity contribution is -0.914. The highest BCUT2D eigenvalue weighted by atomic mass is 35.5. The number of piperazine rings is 1. The fourth-order valence-electron chi connectivity index (χ4n) is 2.82. The first kappa shape index (κ1) is 14.7.